The van der Waals surface area contributed by atoms with Gasteiger partial charge in [0, 0.05) is 17.5 Å². The summed E-state index contributed by atoms with van der Waals surface area (Å²) in [5.41, 5.74) is -0.393. The predicted octanol–water partition coefficient (Wildman–Crippen LogP) is 1.58. The number of para-hydroxylation sites is 1. The van der Waals surface area contributed by atoms with Gasteiger partial charge >= 0.3 is 11.9 Å². The molecule has 2 atom stereocenters. The quantitative estimate of drug-likeness (QED) is 0.474. The Labute approximate surface area is 148 Å². The first-order valence-corrected chi connectivity index (χ1v) is 7.69. The molecule has 2 aliphatic heterocycles. The van der Waals surface area contributed by atoms with Gasteiger partial charge in [0.05, 0.1) is 30.6 Å². The highest BCUT2D eigenvalue weighted by molar-refractivity contribution is 6.02. The van der Waals surface area contributed by atoms with Gasteiger partial charge in [0.2, 0.25) is 0 Å². The summed E-state index contributed by atoms with van der Waals surface area (Å²) in [6.07, 6.45) is 0. The third kappa shape index (κ3) is 2.10. The van der Waals surface area contributed by atoms with E-state index in [0.29, 0.717) is 11.3 Å². The van der Waals surface area contributed by atoms with Crippen molar-refractivity contribution >= 4 is 23.3 Å². The highest BCUT2D eigenvalue weighted by Crippen LogP contribution is 2.55. The Balaban J connectivity index is 2.36. The van der Waals surface area contributed by atoms with E-state index in [2.05, 4.69) is 17.2 Å². The summed E-state index contributed by atoms with van der Waals surface area (Å²) in [7, 11) is 2.42. The zero-order valence-electron chi connectivity index (χ0n) is 14.4. The minimum atomic E-state index is -1.60. The fraction of sp³-hybridized carbons (Fsp3) is 0.294. The molecule has 0 saturated heterocycles. The Morgan fingerprint density at radius 3 is 2.58 bits per heavy atom. The second-order valence-electron chi connectivity index (χ2n) is 5.99. The van der Waals surface area contributed by atoms with Crippen LogP contribution in [0.4, 0.5) is 11.4 Å². The minimum absolute atomic E-state index is 0.145. The van der Waals surface area contributed by atoms with Crippen LogP contribution in [0.15, 0.2) is 41.7 Å². The molecule has 1 aromatic carbocycles. The van der Waals surface area contributed by atoms with Crippen molar-refractivity contribution in [2.45, 2.75) is 18.4 Å². The molecular weight excluding hydrogens is 342 g/mol. The van der Waals surface area contributed by atoms with Crippen LogP contribution < -0.4 is 10.6 Å². The molecule has 3 rings (SSSR count). The number of hydrogen-bond donors (Lipinski definition) is 2. The van der Waals surface area contributed by atoms with Crippen molar-refractivity contribution in [1.29, 1.82) is 0 Å². The summed E-state index contributed by atoms with van der Waals surface area (Å²) < 4.78 is 9.82. The molecule has 0 amide bonds. The van der Waals surface area contributed by atoms with Crippen molar-refractivity contribution < 1.29 is 24.0 Å². The Morgan fingerprint density at radius 1 is 1.31 bits per heavy atom. The Kier molecular flexibility index (Phi) is 3.94. The molecule has 136 valence electrons. The number of esters is 2. The summed E-state index contributed by atoms with van der Waals surface area (Å²) in [6, 6.07) is 4.44. The fourth-order valence-electron chi connectivity index (χ4n) is 3.65. The normalized spacial score (nSPS) is 23.3. The van der Waals surface area contributed by atoms with E-state index >= 15 is 0 Å². The molecule has 0 aromatic heterocycles. The summed E-state index contributed by atoms with van der Waals surface area (Å²) in [5.74, 6) is -2.26. The number of carbonyl (C=O) groups excluding carboxylic acids is 2. The number of nitro benzene ring substituents is 1. The average Bonchev–Trinajstić information content (AvgIpc) is 2.97. The van der Waals surface area contributed by atoms with Crippen LogP contribution in [0.3, 0.4) is 0 Å². The van der Waals surface area contributed by atoms with Crippen molar-refractivity contribution in [3.8, 4) is 0 Å². The van der Waals surface area contributed by atoms with Gasteiger partial charge in [0.15, 0.2) is 5.54 Å². The number of methoxy groups -OCH3 is 2. The van der Waals surface area contributed by atoms with Crippen LogP contribution >= 0.6 is 0 Å². The van der Waals surface area contributed by atoms with E-state index in [9.17, 15) is 19.7 Å². The zero-order chi connectivity index (χ0) is 19.2. The van der Waals surface area contributed by atoms with Crippen LogP contribution in [-0.4, -0.2) is 36.6 Å². The number of fused-ring (bicyclic) bond motifs is 3. The number of anilines is 1. The van der Waals surface area contributed by atoms with Crippen molar-refractivity contribution in [3.63, 3.8) is 0 Å². The number of nitrogens with zero attached hydrogens (tertiary/aromatic N) is 1. The second-order valence-corrected chi connectivity index (χ2v) is 5.99. The van der Waals surface area contributed by atoms with E-state index in [1.165, 1.54) is 26.4 Å². The number of allylic oxidation sites excluding steroid dienone is 1. The maximum absolute atomic E-state index is 12.8. The average molecular weight is 359 g/mol. The molecule has 2 heterocycles. The molecule has 0 saturated carbocycles. The monoisotopic (exact) mass is 359 g/mol. The molecule has 9 nitrogen and oxygen atoms in total. The molecule has 0 radical (unpaired) electrons. The number of benzene rings is 1. The van der Waals surface area contributed by atoms with Crippen molar-refractivity contribution in [3.05, 3.63) is 57.4 Å². The summed E-state index contributed by atoms with van der Waals surface area (Å²) in [4.78, 5) is 36.1. The molecule has 0 fully saturated rings. The molecule has 1 aromatic rings. The van der Waals surface area contributed by atoms with E-state index in [-0.39, 0.29) is 22.6 Å². The maximum atomic E-state index is 12.8. The molecular formula is C17H17N3O6. The van der Waals surface area contributed by atoms with Crippen molar-refractivity contribution in [2.75, 3.05) is 19.5 Å². The largest absolute Gasteiger partial charge is 0.467 e. The first kappa shape index (κ1) is 17.5. The predicted molar refractivity (Wildman–Crippen MR) is 91.2 cm³/mol. The first-order chi connectivity index (χ1) is 12.3. The second kappa shape index (κ2) is 5.87. The van der Waals surface area contributed by atoms with Gasteiger partial charge < -0.3 is 20.1 Å². The van der Waals surface area contributed by atoms with Crippen LogP contribution in [0.25, 0.3) is 0 Å². The lowest BCUT2D eigenvalue weighted by Crippen LogP contribution is -2.57. The molecule has 2 N–H and O–H groups in total. The zero-order valence-corrected chi connectivity index (χ0v) is 14.4. The highest BCUT2D eigenvalue weighted by atomic mass is 16.6. The fourth-order valence-corrected chi connectivity index (χ4v) is 3.65. The molecule has 0 spiro atoms. The number of nitro groups is 1. The number of ether oxygens (including phenoxy) is 2. The Bertz CT molecular complexity index is 890. The maximum Gasteiger partial charge on any atom is 0.338 e. The molecule has 2 aliphatic rings. The van der Waals surface area contributed by atoms with Gasteiger partial charge in [-0.2, -0.15) is 0 Å². The molecule has 0 aliphatic carbocycles. The smallest absolute Gasteiger partial charge is 0.338 e. The third-order valence-corrected chi connectivity index (χ3v) is 4.76. The minimum Gasteiger partial charge on any atom is -0.467 e. The van der Waals surface area contributed by atoms with Crippen LogP contribution in [-0.2, 0) is 19.1 Å². The van der Waals surface area contributed by atoms with Gasteiger partial charge in [-0.25, -0.2) is 9.59 Å². The van der Waals surface area contributed by atoms with E-state index in [0.717, 1.165) is 0 Å². The third-order valence-electron chi connectivity index (χ3n) is 4.76. The number of carbonyl (C=O) groups is 2. The topological polar surface area (TPSA) is 120 Å². The Morgan fingerprint density at radius 2 is 2.00 bits per heavy atom. The van der Waals surface area contributed by atoms with Gasteiger partial charge in [-0.3, -0.25) is 10.1 Å². The highest BCUT2D eigenvalue weighted by Gasteiger charge is 2.61. The SMILES string of the molecule is C=C1NC(C)=C(C(=O)OC)[C@H]2c3cccc([N+](=O)[O-])c3N[C@@]12C(=O)OC. The lowest BCUT2D eigenvalue weighted by Gasteiger charge is -2.40. The number of nitrogens with one attached hydrogen (secondary N) is 2. The Hall–Kier alpha value is -3.36. The van der Waals surface area contributed by atoms with Crippen molar-refractivity contribution in [2.24, 2.45) is 0 Å². The van der Waals surface area contributed by atoms with Gasteiger partial charge in [0.25, 0.3) is 5.69 Å². The number of rotatable bonds is 3. The van der Waals surface area contributed by atoms with Gasteiger partial charge in [-0.15, -0.1) is 0 Å². The van der Waals surface area contributed by atoms with E-state index in [1.54, 1.807) is 13.0 Å². The van der Waals surface area contributed by atoms with Gasteiger partial charge in [-0.1, -0.05) is 18.7 Å². The number of hydrogen-bond acceptors (Lipinski definition) is 8. The first-order valence-electron chi connectivity index (χ1n) is 7.69. The van der Waals surface area contributed by atoms with Crippen molar-refractivity contribution in [1.82, 2.24) is 5.32 Å². The van der Waals surface area contributed by atoms with E-state index in [1.807, 2.05) is 0 Å². The molecule has 0 unspecified atom stereocenters. The van der Waals surface area contributed by atoms with Crippen LogP contribution in [0, 0.1) is 10.1 Å². The van der Waals surface area contributed by atoms with Crippen LogP contribution in [0.1, 0.15) is 18.4 Å². The van der Waals surface area contributed by atoms with Gasteiger partial charge in [-0.05, 0) is 12.5 Å². The van der Waals surface area contributed by atoms with Crippen LogP contribution in [0.2, 0.25) is 0 Å². The van der Waals surface area contributed by atoms with E-state index < -0.39 is 28.3 Å². The molecule has 9 heteroatoms. The van der Waals surface area contributed by atoms with E-state index in [4.69, 9.17) is 9.47 Å². The summed E-state index contributed by atoms with van der Waals surface area (Å²) >= 11 is 0. The molecule has 0 bridgehead atoms. The lowest BCUT2D eigenvalue weighted by molar-refractivity contribution is -0.384. The van der Waals surface area contributed by atoms with Crippen LogP contribution in [0.5, 0.6) is 0 Å². The summed E-state index contributed by atoms with van der Waals surface area (Å²) in [6.45, 7) is 5.54. The standard InChI is InChI=1S/C17H17N3O6/c1-8-12(15(21)25-3)13-10-6-5-7-11(20(23)24)14(10)19-17(13,9(2)18-8)16(22)26-4/h5-7,13,18-19H,2H2,1,3-4H3/t13-,17+/m1/s1. The lowest BCUT2D eigenvalue weighted by atomic mass is 9.72. The summed E-state index contributed by atoms with van der Waals surface area (Å²) in [5, 5.41) is 17.3. The van der Waals surface area contributed by atoms with Gasteiger partial charge in [0.1, 0.15) is 5.69 Å². The molecule has 26 heavy (non-hydrogen) atoms.